The molecule has 0 amide bonds. The molecule has 0 fully saturated rings. The molecule has 0 aliphatic rings. The van der Waals surface area contributed by atoms with E-state index in [1.54, 1.807) is 7.11 Å². The molecule has 26 heavy (non-hydrogen) atoms. The van der Waals surface area contributed by atoms with Gasteiger partial charge in [-0.25, -0.2) is 13.8 Å². The summed E-state index contributed by atoms with van der Waals surface area (Å²) in [6, 6.07) is 13.2. The van der Waals surface area contributed by atoms with Crippen molar-refractivity contribution in [2.75, 3.05) is 20.2 Å². The van der Waals surface area contributed by atoms with E-state index < -0.39 is 11.6 Å². The highest BCUT2D eigenvalue weighted by Gasteiger charge is 2.11. The number of rotatable bonds is 7. The SMILES string of the molecule is CCNC(=NCc1cc(F)ccc1F)NCC(OC)c1ccccc1.I. The van der Waals surface area contributed by atoms with Crippen molar-refractivity contribution in [1.82, 2.24) is 10.6 Å². The van der Waals surface area contributed by atoms with Gasteiger partial charge in [0.1, 0.15) is 11.6 Å². The molecule has 2 aromatic carbocycles. The number of ether oxygens (including phenoxy) is 1. The van der Waals surface area contributed by atoms with Gasteiger partial charge < -0.3 is 15.4 Å². The van der Waals surface area contributed by atoms with Gasteiger partial charge in [0.15, 0.2) is 5.96 Å². The van der Waals surface area contributed by atoms with Crippen molar-refractivity contribution in [2.45, 2.75) is 19.6 Å². The van der Waals surface area contributed by atoms with Crippen molar-refractivity contribution in [1.29, 1.82) is 0 Å². The van der Waals surface area contributed by atoms with Crippen molar-refractivity contribution in [2.24, 2.45) is 4.99 Å². The fourth-order valence-electron chi connectivity index (χ4n) is 2.36. The standard InChI is InChI=1S/C19H23F2N3O.HI/c1-3-22-19(23-12-15-11-16(20)9-10-17(15)21)24-13-18(25-2)14-7-5-4-6-8-14;/h4-11,18H,3,12-13H2,1-2H3,(H2,22,23,24);1H. The van der Waals surface area contributed by atoms with Crippen LogP contribution < -0.4 is 10.6 Å². The second-order valence-corrected chi connectivity index (χ2v) is 5.45. The van der Waals surface area contributed by atoms with E-state index in [-0.39, 0.29) is 42.2 Å². The number of hydrogen-bond donors (Lipinski definition) is 2. The number of nitrogens with zero attached hydrogens (tertiary/aromatic N) is 1. The molecule has 4 nitrogen and oxygen atoms in total. The minimum absolute atomic E-state index is 0. The highest BCUT2D eigenvalue weighted by atomic mass is 127. The Morgan fingerprint density at radius 1 is 1.12 bits per heavy atom. The molecule has 142 valence electrons. The quantitative estimate of drug-likeness (QED) is 0.361. The predicted molar refractivity (Wildman–Crippen MR) is 111 cm³/mol. The van der Waals surface area contributed by atoms with E-state index in [2.05, 4.69) is 15.6 Å². The van der Waals surface area contributed by atoms with Crippen molar-refractivity contribution >= 4 is 29.9 Å². The van der Waals surface area contributed by atoms with E-state index in [1.165, 1.54) is 0 Å². The van der Waals surface area contributed by atoms with Crippen LogP contribution in [0.5, 0.6) is 0 Å². The van der Waals surface area contributed by atoms with Crippen molar-refractivity contribution in [3.8, 4) is 0 Å². The Morgan fingerprint density at radius 3 is 2.50 bits per heavy atom. The summed E-state index contributed by atoms with van der Waals surface area (Å²) in [6.45, 7) is 3.13. The van der Waals surface area contributed by atoms with Crippen LogP contribution in [0.4, 0.5) is 8.78 Å². The second kappa shape index (κ2) is 11.8. The Balaban J connectivity index is 0.00000338. The summed E-state index contributed by atoms with van der Waals surface area (Å²) in [4.78, 5) is 4.32. The first-order valence-corrected chi connectivity index (χ1v) is 8.18. The molecule has 0 aliphatic heterocycles. The Bertz CT molecular complexity index is 698. The number of methoxy groups -OCH3 is 1. The zero-order valence-electron chi connectivity index (χ0n) is 14.8. The monoisotopic (exact) mass is 475 g/mol. The molecular weight excluding hydrogens is 451 g/mol. The predicted octanol–water partition coefficient (Wildman–Crippen LogP) is 4.03. The van der Waals surface area contributed by atoms with E-state index >= 15 is 0 Å². The third-order valence-corrected chi connectivity index (χ3v) is 3.67. The van der Waals surface area contributed by atoms with Gasteiger partial charge >= 0.3 is 0 Å². The molecule has 7 heteroatoms. The van der Waals surface area contributed by atoms with Crippen LogP contribution in [0.3, 0.4) is 0 Å². The van der Waals surface area contributed by atoms with E-state index in [4.69, 9.17) is 4.74 Å². The Morgan fingerprint density at radius 2 is 1.85 bits per heavy atom. The first-order chi connectivity index (χ1) is 12.1. The summed E-state index contributed by atoms with van der Waals surface area (Å²) in [7, 11) is 1.64. The number of guanidine groups is 1. The highest BCUT2D eigenvalue weighted by molar-refractivity contribution is 14.0. The van der Waals surface area contributed by atoms with Gasteiger partial charge in [0.05, 0.1) is 12.6 Å². The first kappa shape index (κ1) is 22.3. The summed E-state index contributed by atoms with van der Waals surface area (Å²) in [5, 5.41) is 6.26. The minimum Gasteiger partial charge on any atom is -0.375 e. The number of nitrogens with one attached hydrogen (secondary N) is 2. The topological polar surface area (TPSA) is 45.7 Å². The molecule has 2 rings (SSSR count). The third kappa shape index (κ3) is 6.87. The summed E-state index contributed by atoms with van der Waals surface area (Å²) in [6.07, 6.45) is -0.143. The van der Waals surface area contributed by atoms with Crippen LogP contribution in [0.25, 0.3) is 0 Å². The third-order valence-electron chi connectivity index (χ3n) is 3.67. The summed E-state index contributed by atoms with van der Waals surface area (Å²) in [5.41, 5.74) is 1.26. The van der Waals surface area contributed by atoms with Crippen LogP contribution in [-0.2, 0) is 11.3 Å². The molecule has 0 saturated carbocycles. The van der Waals surface area contributed by atoms with Gasteiger partial charge in [-0.05, 0) is 30.7 Å². The highest BCUT2D eigenvalue weighted by Crippen LogP contribution is 2.15. The molecule has 0 heterocycles. The average molecular weight is 475 g/mol. The second-order valence-electron chi connectivity index (χ2n) is 5.45. The Kier molecular flexibility index (Phi) is 10.1. The van der Waals surface area contributed by atoms with E-state index in [0.717, 1.165) is 23.8 Å². The fourth-order valence-corrected chi connectivity index (χ4v) is 2.36. The van der Waals surface area contributed by atoms with Crippen molar-refractivity contribution < 1.29 is 13.5 Å². The molecule has 0 spiro atoms. The Labute approximate surface area is 170 Å². The largest absolute Gasteiger partial charge is 0.375 e. The maximum Gasteiger partial charge on any atom is 0.191 e. The summed E-state index contributed by atoms with van der Waals surface area (Å²) >= 11 is 0. The summed E-state index contributed by atoms with van der Waals surface area (Å²) < 4.78 is 32.5. The Hall–Kier alpha value is -1.74. The smallest absolute Gasteiger partial charge is 0.191 e. The average Bonchev–Trinajstić information content (AvgIpc) is 2.63. The van der Waals surface area contributed by atoms with Crippen molar-refractivity contribution in [3.63, 3.8) is 0 Å². The van der Waals surface area contributed by atoms with Crippen LogP contribution in [-0.4, -0.2) is 26.2 Å². The number of halogens is 3. The maximum atomic E-state index is 13.7. The summed E-state index contributed by atoms with van der Waals surface area (Å²) in [5.74, 6) is -0.433. The van der Waals surface area contributed by atoms with Crippen molar-refractivity contribution in [3.05, 3.63) is 71.3 Å². The first-order valence-electron chi connectivity index (χ1n) is 8.18. The van der Waals surface area contributed by atoms with Gasteiger partial charge in [0.2, 0.25) is 0 Å². The van der Waals surface area contributed by atoms with Gasteiger partial charge in [-0.3, -0.25) is 0 Å². The lowest BCUT2D eigenvalue weighted by Crippen LogP contribution is -2.39. The van der Waals surface area contributed by atoms with Gasteiger partial charge in [0.25, 0.3) is 0 Å². The lowest BCUT2D eigenvalue weighted by molar-refractivity contribution is 0.106. The zero-order valence-corrected chi connectivity index (χ0v) is 17.2. The maximum absolute atomic E-state index is 13.7. The molecule has 0 saturated heterocycles. The molecule has 1 atom stereocenters. The van der Waals surface area contributed by atoms with Gasteiger partial charge in [0, 0.05) is 25.8 Å². The van der Waals surface area contributed by atoms with Crippen LogP contribution in [0.15, 0.2) is 53.5 Å². The molecule has 2 N–H and O–H groups in total. The van der Waals surface area contributed by atoms with Crippen LogP contribution in [0, 0.1) is 11.6 Å². The number of aliphatic imine (C=N–C) groups is 1. The van der Waals surface area contributed by atoms with E-state index in [1.807, 2.05) is 37.3 Å². The van der Waals surface area contributed by atoms with E-state index in [0.29, 0.717) is 19.0 Å². The minimum atomic E-state index is -0.479. The normalized spacial score (nSPS) is 12.2. The molecule has 0 radical (unpaired) electrons. The number of benzene rings is 2. The lowest BCUT2D eigenvalue weighted by atomic mass is 10.1. The molecule has 0 bridgehead atoms. The molecular formula is C19H24F2IN3O. The van der Waals surface area contributed by atoms with Crippen LogP contribution in [0.2, 0.25) is 0 Å². The zero-order chi connectivity index (χ0) is 18.1. The molecule has 0 aromatic heterocycles. The van der Waals surface area contributed by atoms with E-state index in [9.17, 15) is 8.78 Å². The lowest BCUT2D eigenvalue weighted by Gasteiger charge is -2.18. The fraction of sp³-hybridized carbons (Fsp3) is 0.316. The van der Waals surface area contributed by atoms with Gasteiger partial charge in [-0.2, -0.15) is 0 Å². The molecule has 2 aromatic rings. The van der Waals surface area contributed by atoms with Crippen LogP contribution >= 0.6 is 24.0 Å². The number of hydrogen-bond acceptors (Lipinski definition) is 2. The van der Waals surface area contributed by atoms with Gasteiger partial charge in [-0.15, -0.1) is 24.0 Å². The van der Waals surface area contributed by atoms with Crippen LogP contribution in [0.1, 0.15) is 24.2 Å². The molecule has 0 aliphatic carbocycles. The molecule has 1 unspecified atom stereocenters. The van der Waals surface area contributed by atoms with Gasteiger partial charge in [-0.1, -0.05) is 30.3 Å².